The van der Waals surface area contributed by atoms with Crippen LogP contribution in [0.5, 0.6) is 0 Å². The maximum Gasteiger partial charge on any atom is 0.256 e. The highest BCUT2D eigenvalue weighted by atomic mass is 16.2. The van der Waals surface area contributed by atoms with E-state index in [1.54, 1.807) is 36.4 Å². The Morgan fingerprint density at radius 2 is 1.52 bits per heavy atom. The molecule has 0 unspecified atom stereocenters. The van der Waals surface area contributed by atoms with Crippen LogP contribution in [0, 0.1) is 0 Å². The number of pyridine rings is 1. The standard InChI is InChI=1S/C24H20N4O3/c1-15(16-8-4-2-5-9-16)26-20-21(23(30)22(20)29)27-18-12-13-25-19(14-18)28-24(31)17-10-6-3-7-11-17/h2-15,26H,1H3,(H2,25,27,28,31)/t15-/m1/s1. The number of hydrogen-bond acceptors (Lipinski definition) is 6. The largest absolute Gasteiger partial charge is 0.373 e. The molecule has 0 spiro atoms. The quantitative estimate of drug-likeness (QED) is 0.399. The number of nitrogens with zero attached hydrogens (tertiary/aromatic N) is 1. The van der Waals surface area contributed by atoms with Gasteiger partial charge >= 0.3 is 0 Å². The van der Waals surface area contributed by atoms with Crippen LogP contribution >= 0.6 is 0 Å². The van der Waals surface area contributed by atoms with Crippen LogP contribution in [0.3, 0.4) is 0 Å². The van der Waals surface area contributed by atoms with Crippen molar-refractivity contribution in [2.45, 2.75) is 13.0 Å². The summed E-state index contributed by atoms with van der Waals surface area (Å²) in [6, 6.07) is 21.5. The van der Waals surface area contributed by atoms with E-state index in [0.717, 1.165) is 5.56 Å². The van der Waals surface area contributed by atoms with Gasteiger partial charge in [-0.15, -0.1) is 0 Å². The summed E-state index contributed by atoms with van der Waals surface area (Å²) in [5.41, 5.74) is 1.32. The van der Waals surface area contributed by atoms with Gasteiger partial charge in [-0.3, -0.25) is 14.4 Å². The highest BCUT2D eigenvalue weighted by Gasteiger charge is 2.23. The van der Waals surface area contributed by atoms with Crippen LogP contribution in [-0.2, 0) is 0 Å². The van der Waals surface area contributed by atoms with Crippen LogP contribution in [0.4, 0.5) is 22.9 Å². The summed E-state index contributed by atoms with van der Waals surface area (Å²) >= 11 is 0. The molecular weight excluding hydrogens is 392 g/mol. The molecule has 1 atom stereocenters. The Bertz CT molecular complexity index is 1280. The minimum Gasteiger partial charge on any atom is -0.373 e. The van der Waals surface area contributed by atoms with Gasteiger partial charge in [-0.2, -0.15) is 0 Å². The normalized spacial score (nSPS) is 11.6. The van der Waals surface area contributed by atoms with Gasteiger partial charge in [-0.25, -0.2) is 4.98 Å². The van der Waals surface area contributed by atoms with Crippen molar-refractivity contribution in [1.29, 1.82) is 0 Å². The van der Waals surface area contributed by atoms with Gasteiger partial charge in [-0.05, 0) is 30.7 Å². The molecule has 0 bridgehead atoms. The van der Waals surface area contributed by atoms with E-state index in [4.69, 9.17) is 0 Å². The summed E-state index contributed by atoms with van der Waals surface area (Å²) in [7, 11) is 0. The first-order chi connectivity index (χ1) is 15.0. The Kier molecular flexibility index (Phi) is 5.57. The highest BCUT2D eigenvalue weighted by Crippen LogP contribution is 2.25. The van der Waals surface area contributed by atoms with Crippen LogP contribution < -0.4 is 26.8 Å². The van der Waals surface area contributed by atoms with Gasteiger partial charge in [0.1, 0.15) is 17.2 Å². The van der Waals surface area contributed by atoms with Crippen molar-refractivity contribution >= 4 is 28.8 Å². The molecule has 7 nitrogen and oxygen atoms in total. The fourth-order valence-electron chi connectivity index (χ4n) is 3.19. The molecular formula is C24H20N4O3. The zero-order valence-corrected chi connectivity index (χ0v) is 16.8. The lowest BCUT2D eigenvalue weighted by molar-refractivity contribution is 0.102. The first-order valence-corrected chi connectivity index (χ1v) is 9.77. The average molecular weight is 412 g/mol. The van der Waals surface area contributed by atoms with Crippen molar-refractivity contribution in [2.24, 2.45) is 0 Å². The first kappa shape index (κ1) is 20.0. The lowest BCUT2D eigenvalue weighted by atomic mass is 10.1. The average Bonchev–Trinajstić information content (AvgIpc) is 2.82. The van der Waals surface area contributed by atoms with E-state index in [0.29, 0.717) is 17.1 Å². The summed E-state index contributed by atoms with van der Waals surface area (Å²) in [5.74, 6) is 0.0307. The highest BCUT2D eigenvalue weighted by molar-refractivity contribution is 6.03. The molecule has 4 aromatic rings. The number of amides is 1. The van der Waals surface area contributed by atoms with Crippen molar-refractivity contribution in [1.82, 2.24) is 4.98 Å². The van der Waals surface area contributed by atoms with E-state index in [9.17, 15) is 14.4 Å². The SMILES string of the molecule is C[C@@H](Nc1c(Nc2ccnc(NC(=O)c3ccccc3)c2)c(=O)c1=O)c1ccccc1. The number of carbonyl (C=O) groups excluding carboxylic acids is 1. The molecule has 0 fully saturated rings. The van der Waals surface area contributed by atoms with Crippen LogP contribution in [0.25, 0.3) is 0 Å². The summed E-state index contributed by atoms with van der Waals surface area (Å²) in [6.45, 7) is 1.92. The van der Waals surface area contributed by atoms with Crippen molar-refractivity contribution in [2.75, 3.05) is 16.0 Å². The van der Waals surface area contributed by atoms with Gasteiger partial charge in [0.15, 0.2) is 0 Å². The van der Waals surface area contributed by atoms with Crippen molar-refractivity contribution in [3.8, 4) is 0 Å². The molecule has 31 heavy (non-hydrogen) atoms. The molecule has 3 N–H and O–H groups in total. The number of aromatic nitrogens is 1. The predicted octanol–water partition coefficient (Wildman–Crippen LogP) is 3.85. The summed E-state index contributed by atoms with van der Waals surface area (Å²) in [4.78, 5) is 40.7. The molecule has 0 radical (unpaired) electrons. The Hall–Kier alpha value is -4.26. The van der Waals surface area contributed by atoms with Crippen LogP contribution in [0.2, 0.25) is 0 Å². The number of hydrogen-bond donors (Lipinski definition) is 3. The third kappa shape index (κ3) is 4.35. The first-order valence-electron chi connectivity index (χ1n) is 9.77. The molecule has 0 saturated heterocycles. The molecule has 1 amide bonds. The summed E-state index contributed by atoms with van der Waals surface area (Å²) in [6.07, 6.45) is 1.51. The Morgan fingerprint density at radius 1 is 0.871 bits per heavy atom. The lowest BCUT2D eigenvalue weighted by Crippen LogP contribution is -2.37. The zero-order valence-electron chi connectivity index (χ0n) is 16.8. The van der Waals surface area contributed by atoms with E-state index >= 15 is 0 Å². The van der Waals surface area contributed by atoms with E-state index in [2.05, 4.69) is 20.9 Å². The topological polar surface area (TPSA) is 100 Å². The van der Waals surface area contributed by atoms with E-state index in [1.807, 2.05) is 43.3 Å². The third-order valence-corrected chi connectivity index (χ3v) is 4.88. The maximum absolute atomic E-state index is 12.3. The molecule has 154 valence electrons. The fraction of sp³-hybridized carbons (Fsp3) is 0.0833. The number of anilines is 4. The number of nitrogens with one attached hydrogen (secondary N) is 3. The lowest BCUT2D eigenvalue weighted by Gasteiger charge is -2.20. The van der Waals surface area contributed by atoms with Crippen LogP contribution in [-0.4, -0.2) is 10.9 Å². The smallest absolute Gasteiger partial charge is 0.256 e. The van der Waals surface area contributed by atoms with E-state index in [1.165, 1.54) is 6.20 Å². The van der Waals surface area contributed by atoms with Gasteiger partial charge in [0.25, 0.3) is 16.8 Å². The molecule has 7 heteroatoms. The third-order valence-electron chi connectivity index (χ3n) is 4.88. The monoisotopic (exact) mass is 412 g/mol. The van der Waals surface area contributed by atoms with Gasteiger partial charge in [0.05, 0.1) is 0 Å². The van der Waals surface area contributed by atoms with Gasteiger partial charge in [-0.1, -0.05) is 48.5 Å². The molecule has 0 aliphatic carbocycles. The summed E-state index contributed by atoms with van der Waals surface area (Å²) in [5, 5.41) is 8.81. The van der Waals surface area contributed by atoms with Crippen LogP contribution in [0.15, 0.2) is 88.6 Å². The maximum atomic E-state index is 12.3. The fourth-order valence-corrected chi connectivity index (χ4v) is 3.19. The van der Waals surface area contributed by atoms with Crippen molar-refractivity contribution in [3.63, 3.8) is 0 Å². The van der Waals surface area contributed by atoms with Crippen LogP contribution in [0.1, 0.15) is 28.9 Å². The van der Waals surface area contributed by atoms with E-state index < -0.39 is 10.9 Å². The predicted molar refractivity (Wildman–Crippen MR) is 122 cm³/mol. The van der Waals surface area contributed by atoms with Gasteiger partial charge in [0.2, 0.25) is 0 Å². The number of carbonyl (C=O) groups is 1. The number of rotatable bonds is 7. The second kappa shape index (κ2) is 8.62. The minimum atomic E-state index is -0.588. The van der Waals surface area contributed by atoms with Gasteiger partial charge < -0.3 is 16.0 Å². The molecule has 0 saturated carbocycles. The van der Waals surface area contributed by atoms with Gasteiger partial charge in [0, 0.05) is 29.6 Å². The van der Waals surface area contributed by atoms with Crippen molar-refractivity contribution in [3.05, 3.63) is 111 Å². The number of benzene rings is 2. The molecule has 1 aromatic heterocycles. The minimum absolute atomic E-state index is 0.150. The molecule has 0 aliphatic heterocycles. The van der Waals surface area contributed by atoms with E-state index in [-0.39, 0.29) is 23.3 Å². The summed E-state index contributed by atoms with van der Waals surface area (Å²) < 4.78 is 0. The Labute approximate surface area is 178 Å². The molecule has 4 rings (SSSR count). The Morgan fingerprint density at radius 3 is 2.23 bits per heavy atom. The second-order valence-corrected chi connectivity index (χ2v) is 7.06. The molecule has 1 heterocycles. The van der Waals surface area contributed by atoms with Crippen molar-refractivity contribution < 1.29 is 4.79 Å². The molecule has 3 aromatic carbocycles. The second-order valence-electron chi connectivity index (χ2n) is 7.06. The Balaban J connectivity index is 1.50. The zero-order chi connectivity index (χ0) is 21.8. The molecule has 0 aliphatic rings.